The van der Waals surface area contributed by atoms with E-state index in [-0.39, 0.29) is 5.91 Å². The molecule has 0 fully saturated rings. The molecule has 0 unspecified atom stereocenters. The van der Waals surface area contributed by atoms with Gasteiger partial charge in [0.05, 0.1) is 19.9 Å². The zero-order valence-corrected chi connectivity index (χ0v) is 16.4. The molecule has 6 heteroatoms. The predicted molar refractivity (Wildman–Crippen MR) is 106 cm³/mol. The van der Waals surface area contributed by atoms with Gasteiger partial charge in [-0.2, -0.15) is 5.10 Å². The van der Waals surface area contributed by atoms with Gasteiger partial charge in [0.2, 0.25) is 0 Å². The van der Waals surface area contributed by atoms with E-state index in [0.29, 0.717) is 23.9 Å². The number of aryl methyl sites for hydroxylation is 2. The van der Waals surface area contributed by atoms with Gasteiger partial charge in [-0.3, -0.25) is 4.79 Å². The Morgan fingerprint density at radius 1 is 1.15 bits per heavy atom. The Morgan fingerprint density at radius 3 is 2.48 bits per heavy atom. The molecule has 0 bridgehead atoms. The molecule has 1 atom stereocenters. The van der Waals surface area contributed by atoms with Crippen LogP contribution in [0.25, 0.3) is 0 Å². The summed E-state index contributed by atoms with van der Waals surface area (Å²) in [7, 11) is 1.58. The van der Waals surface area contributed by atoms with Gasteiger partial charge in [-0.25, -0.2) is 5.43 Å². The third-order valence-electron chi connectivity index (χ3n) is 3.75. The topological polar surface area (TPSA) is 69.2 Å². The fraction of sp³-hybridized carbons (Fsp3) is 0.333. The zero-order valence-electron chi connectivity index (χ0n) is 16.4. The van der Waals surface area contributed by atoms with Crippen LogP contribution in [0.4, 0.5) is 0 Å². The molecule has 0 aromatic heterocycles. The summed E-state index contributed by atoms with van der Waals surface area (Å²) in [5, 5.41) is 3.99. The number of carbonyl (C=O) groups excluding carboxylic acids is 1. The lowest BCUT2D eigenvalue weighted by molar-refractivity contribution is -0.127. The SMILES string of the molecule is CCOc1ccc(/C=N\NC(=O)[C@H](C)Oc2cc(C)cc(C)c2)cc1OC. The van der Waals surface area contributed by atoms with Gasteiger partial charge in [-0.15, -0.1) is 0 Å². The third-order valence-corrected chi connectivity index (χ3v) is 3.75. The Bertz CT molecular complexity index is 798. The lowest BCUT2D eigenvalue weighted by atomic mass is 10.1. The number of ether oxygens (including phenoxy) is 3. The van der Waals surface area contributed by atoms with Crippen molar-refractivity contribution < 1.29 is 19.0 Å². The molecule has 1 N–H and O–H groups in total. The van der Waals surface area contributed by atoms with E-state index < -0.39 is 6.10 Å². The number of benzene rings is 2. The summed E-state index contributed by atoms with van der Waals surface area (Å²) in [6, 6.07) is 11.3. The van der Waals surface area contributed by atoms with Crippen LogP contribution in [0, 0.1) is 13.8 Å². The lowest BCUT2D eigenvalue weighted by Gasteiger charge is -2.14. The molecule has 0 aliphatic rings. The van der Waals surface area contributed by atoms with Crippen LogP contribution >= 0.6 is 0 Å². The first-order chi connectivity index (χ1) is 12.9. The highest BCUT2D eigenvalue weighted by molar-refractivity contribution is 5.84. The highest BCUT2D eigenvalue weighted by atomic mass is 16.5. The third kappa shape index (κ3) is 6.02. The summed E-state index contributed by atoms with van der Waals surface area (Å²) >= 11 is 0. The van der Waals surface area contributed by atoms with Crippen molar-refractivity contribution in [2.24, 2.45) is 5.10 Å². The minimum absolute atomic E-state index is 0.330. The van der Waals surface area contributed by atoms with Gasteiger partial charge in [0.1, 0.15) is 5.75 Å². The maximum atomic E-state index is 12.2. The Labute approximate surface area is 160 Å². The normalized spacial score (nSPS) is 11.9. The van der Waals surface area contributed by atoms with Gasteiger partial charge >= 0.3 is 0 Å². The van der Waals surface area contributed by atoms with Gasteiger partial charge in [-0.1, -0.05) is 6.07 Å². The molecule has 2 aromatic carbocycles. The van der Waals surface area contributed by atoms with Gasteiger partial charge in [0.25, 0.3) is 5.91 Å². The van der Waals surface area contributed by atoms with Gasteiger partial charge in [-0.05, 0) is 74.7 Å². The Kier molecular flexibility index (Phi) is 7.23. The second kappa shape index (κ2) is 9.62. The van der Waals surface area contributed by atoms with Gasteiger partial charge in [0.15, 0.2) is 17.6 Å². The predicted octanol–water partition coefficient (Wildman–Crippen LogP) is 3.63. The van der Waals surface area contributed by atoms with Crippen LogP contribution < -0.4 is 19.6 Å². The molecule has 0 aliphatic carbocycles. The summed E-state index contributed by atoms with van der Waals surface area (Å²) in [5.41, 5.74) is 5.43. The van der Waals surface area contributed by atoms with Crippen LogP contribution in [0.1, 0.15) is 30.5 Å². The van der Waals surface area contributed by atoms with Crippen LogP contribution in [0.5, 0.6) is 17.2 Å². The summed E-state index contributed by atoms with van der Waals surface area (Å²) in [6.45, 7) is 8.12. The average Bonchev–Trinajstić information content (AvgIpc) is 2.62. The number of hydrogen-bond donors (Lipinski definition) is 1. The van der Waals surface area contributed by atoms with Gasteiger partial charge in [0, 0.05) is 0 Å². The maximum absolute atomic E-state index is 12.2. The molecular weight excluding hydrogens is 344 g/mol. The zero-order chi connectivity index (χ0) is 19.8. The summed E-state index contributed by atoms with van der Waals surface area (Å²) in [6.07, 6.45) is 0.873. The molecule has 0 aliphatic heterocycles. The van der Waals surface area contributed by atoms with Crippen LogP contribution in [0.3, 0.4) is 0 Å². The van der Waals surface area contributed by atoms with Crippen molar-refractivity contribution in [1.82, 2.24) is 5.43 Å². The second-order valence-corrected chi connectivity index (χ2v) is 6.16. The number of hydrogen-bond acceptors (Lipinski definition) is 5. The molecule has 0 spiro atoms. The molecule has 0 heterocycles. The number of hydrazone groups is 1. The minimum Gasteiger partial charge on any atom is -0.493 e. The van der Waals surface area contributed by atoms with Crippen LogP contribution in [-0.4, -0.2) is 31.9 Å². The molecule has 2 rings (SSSR count). The fourth-order valence-corrected chi connectivity index (χ4v) is 2.56. The number of nitrogens with one attached hydrogen (secondary N) is 1. The lowest BCUT2D eigenvalue weighted by Crippen LogP contribution is -2.33. The largest absolute Gasteiger partial charge is 0.493 e. The first-order valence-corrected chi connectivity index (χ1v) is 8.81. The maximum Gasteiger partial charge on any atom is 0.280 e. The average molecular weight is 370 g/mol. The number of amides is 1. The molecule has 1 amide bonds. The number of carbonyl (C=O) groups is 1. The van der Waals surface area contributed by atoms with Crippen molar-refractivity contribution in [2.45, 2.75) is 33.8 Å². The molecule has 27 heavy (non-hydrogen) atoms. The number of nitrogens with zero attached hydrogens (tertiary/aromatic N) is 1. The van der Waals surface area contributed by atoms with Crippen LogP contribution in [0.15, 0.2) is 41.5 Å². The van der Waals surface area contributed by atoms with Crippen molar-refractivity contribution in [3.05, 3.63) is 53.1 Å². The van der Waals surface area contributed by atoms with Crippen LogP contribution in [-0.2, 0) is 4.79 Å². The number of rotatable bonds is 8. The quantitative estimate of drug-likeness (QED) is 0.569. The van der Waals surface area contributed by atoms with E-state index in [9.17, 15) is 4.79 Å². The fourth-order valence-electron chi connectivity index (χ4n) is 2.56. The molecule has 2 aromatic rings. The monoisotopic (exact) mass is 370 g/mol. The number of methoxy groups -OCH3 is 1. The minimum atomic E-state index is -0.668. The van der Waals surface area contributed by atoms with Crippen molar-refractivity contribution in [1.29, 1.82) is 0 Å². The van der Waals surface area contributed by atoms with Crippen molar-refractivity contribution in [3.8, 4) is 17.2 Å². The summed E-state index contributed by atoms with van der Waals surface area (Å²) in [5.74, 6) is 1.61. The first-order valence-electron chi connectivity index (χ1n) is 8.81. The molecule has 0 saturated heterocycles. The highest BCUT2D eigenvalue weighted by Gasteiger charge is 2.14. The van der Waals surface area contributed by atoms with E-state index in [1.54, 1.807) is 32.4 Å². The van der Waals surface area contributed by atoms with Crippen molar-refractivity contribution in [3.63, 3.8) is 0 Å². The van der Waals surface area contributed by atoms with E-state index in [4.69, 9.17) is 14.2 Å². The van der Waals surface area contributed by atoms with E-state index in [2.05, 4.69) is 10.5 Å². The second-order valence-electron chi connectivity index (χ2n) is 6.16. The van der Waals surface area contributed by atoms with Crippen molar-refractivity contribution in [2.75, 3.05) is 13.7 Å². The van der Waals surface area contributed by atoms with E-state index in [1.807, 2.05) is 45.0 Å². The Hall–Kier alpha value is -3.02. The molecule has 0 saturated carbocycles. The van der Waals surface area contributed by atoms with E-state index in [1.165, 1.54) is 0 Å². The first kappa shape index (κ1) is 20.3. The van der Waals surface area contributed by atoms with E-state index in [0.717, 1.165) is 16.7 Å². The Balaban J connectivity index is 1.95. The molecule has 144 valence electrons. The van der Waals surface area contributed by atoms with E-state index >= 15 is 0 Å². The Morgan fingerprint density at radius 2 is 1.85 bits per heavy atom. The summed E-state index contributed by atoms with van der Waals surface area (Å²) in [4.78, 5) is 12.2. The van der Waals surface area contributed by atoms with Crippen molar-refractivity contribution >= 4 is 12.1 Å². The van der Waals surface area contributed by atoms with Crippen LogP contribution in [0.2, 0.25) is 0 Å². The van der Waals surface area contributed by atoms with Gasteiger partial charge < -0.3 is 14.2 Å². The molecule has 0 radical (unpaired) electrons. The molecular formula is C21H26N2O4. The standard InChI is InChI=1S/C21H26N2O4/c1-6-26-19-8-7-17(12-20(19)25-5)13-22-23-21(24)16(4)27-18-10-14(2)9-15(3)11-18/h7-13,16H,6H2,1-5H3,(H,23,24)/b22-13-/t16-/m0/s1. The molecule has 6 nitrogen and oxygen atoms in total. The smallest absolute Gasteiger partial charge is 0.280 e. The summed E-state index contributed by atoms with van der Waals surface area (Å²) < 4.78 is 16.5. The highest BCUT2D eigenvalue weighted by Crippen LogP contribution is 2.27.